The van der Waals surface area contributed by atoms with Crippen molar-refractivity contribution in [2.24, 2.45) is 5.92 Å². The molecule has 1 unspecified atom stereocenters. The molecule has 2 aromatic carbocycles. The van der Waals surface area contributed by atoms with E-state index in [1.54, 1.807) is 25.1 Å². The summed E-state index contributed by atoms with van der Waals surface area (Å²) in [4.78, 5) is 11.9. The Balaban J connectivity index is 2.06. The number of nitrogens with one attached hydrogen (secondary N) is 2. The molecule has 0 saturated carbocycles. The van der Waals surface area contributed by atoms with Crippen molar-refractivity contribution in [3.05, 3.63) is 65.7 Å². The number of carbonyl (C=O) groups is 1. The fourth-order valence-electron chi connectivity index (χ4n) is 2.70. The third-order valence-electron chi connectivity index (χ3n) is 3.85. The third-order valence-corrected chi connectivity index (χ3v) is 4.07. The van der Waals surface area contributed by atoms with Gasteiger partial charge in [0.2, 0.25) is 0 Å². The van der Waals surface area contributed by atoms with Crippen molar-refractivity contribution in [2.45, 2.75) is 33.2 Å². The van der Waals surface area contributed by atoms with E-state index in [2.05, 4.69) is 36.6 Å². The van der Waals surface area contributed by atoms with E-state index in [1.807, 2.05) is 24.3 Å². The molecule has 0 saturated heterocycles. The summed E-state index contributed by atoms with van der Waals surface area (Å²) >= 11 is 5.49. The monoisotopic (exact) mass is 370 g/mol. The van der Waals surface area contributed by atoms with Gasteiger partial charge in [0.15, 0.2) is 5.11 Å². The Morgan fingerprint density at radius 2 is 1.85 bits per heavy atom. The standard InChI is InChI=1S/C21H26N2O2S/c1-4-25-20(24)17-11-8-12-18(14-17)22-21(26)23-19(13-15(2)3)16-9-6-5-7-10-16/h5-12,14-15,19H,4,13H2,1-3H3,(H2,22,23,26). The highest BCUT2D eigenvalue weighted by Crippen LogP contribution is 2.21. The van der Waals surface area contributed by atoms with Gasteiger partial charge in [0.1, 0.15) is 0 Å². The van der Waals surface area contributed by atoms with Crippen molar-refractivity contribution in [3.8, 4) is 0 Å². The quantitative estimate of drug-likeness (QED) is 0.534. The van der Waals surface area contributed by atoms with Crippen molar-refractivity contribution < 1.29 is 9.53 Å². The van der Waals surface area contributed by atoms with Gasteiger partial charge in [-0.05, 0) is 55.2 Å². The molecular formula is C21H26N2O2S. The molecule has 138 valence electrons. The second kappa shape index (κ2) is 9.92. The van der Waals surface area contributed by atoms with Gasteiger partial charge in [-0.15, -0.1) is 0 Å². The Hall–Kier alpha value is -2.40. The van der Waals surface area contributed by atoms with Crippen molar-refractivity contribution in [2.75, 3.05) is 11.9 Å². The maximum absolute atomic E-state index is 11.9. The minimum atomic E-state index is -0.336. The average molecular weight is 371 g/mol. The van der Waals surface area contributed by atoms with Crippen LogP contribution in [0.15, 0.2) is 54.6 Å². The minimum absolute atomic E-state index is 0.129. The molecule has 1 atom stereocenters. The summed E-state index contributed by atoms with van der Waals surface area (Å²) in [6, 6.07) is 17.5. The zero-order chi connectivity index (χ0) is 18.9. The Kier molecular flexibility index (Phi) is 7.60. The van der Waals surface area contributed by atoms with Crippen molar-refractivity contribution in [1.29, 1.82) is 0 Å². The predicted molar refractivity (Wildman–Crippen MR) is 110 cm³/mol. The SMILES string of the molecule is CCOC(=O)c1cccc(NC(=S)NC(CC(C)C)c2ccccc2)c1. The summed E-state index contributed by atoms with van der Waals surface area (Å²) in [5.41, 5.74) is 2.46. The number of benzene rings is 2. The molecule has 2 aromatic rings. The number of ether oxygens (including phenoxy) is 1. The van der Waals surface area contributed by atoms with E-state index in [4.69, 9.17) is 17.0 Å². The summed E-state index contributed by atoms with van der Waals surface area (Å²) in [6.45, 7) is 6.52. The lowest BCUT2D eigenvalue weighted by Gasteiger charge is -2.23. The van der Waals surface area contributed by atoms with Crippen LogP contribution in [-0.2, 0) is 4.74 Å². The van der Waals surface area contributed by atoms with Gasteiger partial charge in [-0.3, -0.25) is 0 Å². The van der Waals surface area contributed by atoms with Crippen LogP contribution >= 0.6 is 12.2 Å². The van der Waals surface area contributed by atoms with Crippen molar-refractivity contribution >= 4 is 29.0 Å². The topological polar surface area (TPSA) is 50.4 Å². The molecule has 0 heterocycles. The van der Waals surface area contributed by atoms with Gasteiger partial charge in [0.25, 0.3) is 0 Å². The van der Waals surface area contributed by atoms with Crippen molar-refractivity contribution in [1.82, 2.24) is 5.32 Å². The molecule has 2 N–H and O–H groups in total. The number of hydrogen-bond acceptors (Lipinski definition) is 3. The fourth-order valence-corrected chi connectivity index (χ4v) is 2.96. The van der Waals surface area contributed by atoms with Gasteiger partial charge in [-0.25, -0.2) is 4.79 Å². The lowest BCUT2D eigenvalue weighted by atomic mass is 9.97. The van der Waals surface area contributed by atoms with Gasteiger partial charge >= 0.3 is 5.97 Å². The average Bonchev–Trinajstić information content (AvgIpc) is 2.62. The van der Waals surface area contributed by atoms with Gasteiger partial charge in [-0.2, -0.15) is 0 Å². The lowest BCUT2D eigenvalue weighted by molar-refractivity contribution is 0.0526. The molecule has 2 rings (SSSR count). The molecule has 0 aromatic heterocycles. The van der Waals surface area contributed by atoms with Gasteiger partial charge < -0.3 is 15.4 Å². The van der Waals surface area contributed by atoms with E-state index in [1.165, 1.54) is 5.56 Å². The normalized spacial score (nSPS) is 11.7. The second-order valence-corrected chi connectivity index (χ2v) is 6.90. The number of thiocarbonyl (C=S) groups is 1. The molecular weight excluding hydrogens is 344 g/mol. The summed E-state index contributed by atoms with van der Waals surface area (Å²) < 4.78 is 5.04. The molecule has 0 radical (unpaired) electrons. The molecule has 4 nitrogen and oxygen atoms in total. The fraction of sp³-hybridized carbons (Fsp3) is 0.333. The Bertz CT molecular complexity index is 732. The number of rotatable bonds is 7. The minimum Gasteiger partial charge on any atom is -0.462 e. The van der Waals surface area contributed by atoms with E-state index in [0.29, 0.717) is 23.2 Å². The van der Waals surface area contributed by atoms with Crippen LogP contribution in [0.1, 0.15) is 49.2 Å². The first-order valence-electron chi connectivity index (χ1n) is 8.89. The van der Waals surface area contributed by atoms with E-state index >= 15 is 0 Å². The van der Waals surface area contributed by atoms with Gasteiger partial charge in [0.05, 0.1) is 18.2 Å². The van der Waals surface area contributed by atoms with Crippen LogP contribution in [0.25, 0.3) is 0 Å². The highest BCUT2D eigenvalue weighted by atomic mass is 32.1. The zero-order valence-corrected chi connectivity index (χ0v) is 16.3. The van der Waals surface area contributed by atoms with Crippen LogP contribution in [0.5, 0.6) is 0 Å². The van der Waals surface area contributed by atoms with Gasteiger partial charge in [-0.1, -0.05) is 50.2 Å². The molecule has 0 aliphatic heterocycles. The number of esters is 1. The first-order chi connectivity index (χ1) is 12.5. The van der Waals surface area contributed by atoms with Crippen LogP contribution in [0.4, 0.5) is 5.69 Å². The molecule has 0 bridgehead atoms. The largest absolute Gasteiger partial charge is 0.462 e. The molecule has 0 fully saturated rings. The smallest absolute Gasteiger partial charge is 0.338 e. The Morgan fingerprint density at radius 1 is 1.12 bits per heavy atom. The maximum Gasteiger partial charge on any atom is 0.338 e. The molecule has 0 aliphatic carbocycles. The summed E-state index contributed by atoms with van der Waals surface area (Å²) in [5.74, 6) is 0.194. The summed E-state index contributed by atoms with van der Waals surface area (Å²) in [7, 11) is 0. The first kappa shape index (κ1) is 19.9. The van der Waals surface area contributed by atoms with E-state index in [9.17, 15) is 4.79 Å². The van der Waals surface area contributed by atoms with Crippen LogP contribution < -0.4 is 10.6 Å². The number of hydrogen-bond donors (Lipinski definition) is 2. The Morgan fingerprint density at radius 3 is 2.50 bits per heavy atom. The van der Waals surface area contributed by atoms with Crippen LogP contribution in [-0.4, -0.2) is 17.7 Å². The Labute approximate surface area is 161 Å². The zero-order valence-electron chi connectivity index (χ0n) is 15.5. The maximum atomic E-state index is 11.9. The van der Waals surface area contributed by atoms with E-state index in [0.717, 1.165) is 12.1 Å². The second-order valence-electron chi connectivity index (χ2n) is 6.49. The van der Waals surface area contributed by atoms with Crippen LogP contribution in [0.2, 0.25) is 0 Å². The molecule has 26 heavy (non-hydrogen) atoms. The lowest BCUT2D eigenvalue weighted by Crippen LogP contribution is -2.33. The number of anilines is 1. The van der Waals surface area contributed by atoms with Crippen LogP contribution in [0, 0.1) is 5.92 Å². The van der Waals surface area contributed by atoms with Crippen molar-refractivity contribution in [3.63, 3.8) is 0 Å². The van der Waals surface area contributed by atoms with Gasteiger partial charge in [0, 0.05) is 5.69 Å². The molecule has 0 amide bonds. The van der Waals surface area contributed by atoms with Crippen LogP contribution in [0.3, 0.4) is 0 Å². The van der Waals surface area contributed by atoms with E-state index in [-0.39, 0.29) is 12.0 Å². The summed E-state index contributed by atoms with van der Waals surface area (Å²) in [5, 5.41) is 7.08. The first-order valence-corrected chi connectivity index (χ1v) is 9.30. The highest BCUT2D eigenvalue weighted by molar-refractivity contribution is 7.80. The summed E-state index contributed by atoms with van der Waals surface area (Å²) in [6.07, 6.45) is 0.967. The molecule has 0 aliphatic rings. The number of carbonyl (C=O) groups excluding carboxylic acids is 1. The predicted octanol–water partition coefficient (Wildman–Crippen LogP) is 4.94. The molecule has 5 heteroatoms. The highest BCUT2D eigenvalue weighted by Gasteiger charge is 2.15. The molecule has 0 spiro atoms. The van der Waals surface area contributed by atoms with E-state index < -0.39 is 0 Å². The third kappa shape index (κ3) is 6.15.